The largest absolute Gasteiger partial charge is 0.389 e. The minimum atomic E-state index is -1.03. The van der Waals surface area contributed by atoms with E-state index in [0.717, 1.165) is 0 Å². The van der Waals surface area contributed by atoms with Crippen LogP contribution in [0.5, 0.6) is 0 Å². The van der Waals surface area contributed by atoms with Crippen LogP contribution in [0.15, 0.2) is 24.3 Å². The number of aromatic amines is 1. The van der Waals surface area contributed by atoms with E-state index in [1.807, 2.05) is 0 Å². The van der Waals surface area contributed by atoms with E-state index in [1.165, 1.54) is 39.0 Å². The molecular formula is C23H30F2N4O5. The summed E-state index contributed by atoms with van der Waals surface area (Å²) in [5.74, 6) is -3.00. The Morgan fingerprint density at radius 2 is 1.94 bits per heavy atom. The second-order valence-corrected chi connectivity index (χ2v) is 8.89. The van der Waals surface area contributed by atoms with Crippen molar-refractivity contribution in [1.29, 1.82) is 0 Å². The number of ketones is 1. The average molecular weight is 481 g/mol. The summed E-state index contributed by atoms with van der Waals surface area (Å²) in [4.78, 5) is 50.6. The van der Waals surface area contributed by atoms with Crippen molar-refractivity contribution < 1.29 is 33.1 Å². The topological polar surface area (TPSA) is 140 Å². The number of alkyl halides is 1. The van der Waals surface area contributed by atoms with E-state index in [2.05, 4.69) is 20.9 Å². The smallest absolute Gasteiger partial charge is 0.268 e. The molecule has 0 bridgehead atoms. The minimum Gasteiger partial charge on any atom is -0.389 e. The average Bonchev–Trinajstić information content (AvgIpc) is 3.37. The molecule has 9 nitrogen and oxygen atoms in total. The number of nitrogens with one attached hydrogen (secondary N) is 4. The second-order valence-electron chi connectivity index (χ2n) is 8.89. The lowest BCUT2D eigenvalue weighted by Crippen LogP contribution is -2.47. The van der Waals surface area contributed by atoms with Crippen molar-refractivity contribution in [2.24, 2.45) is 5.92 Å². The maximum absolute atomic E-state index is 13.7. The van der Waals surface area contributed by atoms with Gasteiger partial charge >= 0.3 is 0 Å². The number of rotatable bonds is 8. The van der Waals surface area contributed by atoms with E-state index in [9.17, 15) is 28.0 Å². The van der Waals surface area contributed by atoms with Crippen LogP contribution < -0.4 is 16.0 Å². The van der Waals surface area contributed by atoms with Gasteiger partial charge in [-0.05, 0) is 45.7 Å². The predicted octanol–water partition coefficient (Wildman–Crippen LogP) is 1.36. The first-order chi connectivity index (χ1) is 15.9. The van der Waals surface area contributed by atoms with Crippen molar-refractivity contribution in [3.8, 4) is 0 Å². The Balaban J connectivity index is 0.000000739. The Kier molecular flexibility index (Phi) is 9.25. The van der Waals surface area contributed by atoms with Crippen LogP contribution in [0.25, 0.3) is 10.9 Å². The van der Waals surface area contributed by atoms with Gasteiger partial charge in [0.2, 0.25) is 11.8 Å². The lowest BCUT2D eigenvalue weighted by molar-refractivity contribution is -0.130. The Morgan fingerprint density at radius 1 is 1.26 bits per heavy atom. The number of fused-ring (bicyclic) bond motifs is 1. The van der Waals surface area contributed by atoms with Gasteiger partial charge in [0.1, 0.15) is 23.8 Å². The Bertz CT molecular complexity index is 1040. The zero-order chi connectivity index (χ0) is 25.5. The van der Waals surface area contributed by atoms with Gasteiger partial charge in [0.25, 0.3) is 5.91 Å². The molecule has 186 valence electrons. The van der Waals surface area contributed by atoms with Crippen LogP contribution in [0.3, 0.4) is 0 Å². The molecule has 3 rings (SSSR count). The SMILES string of the molecule is CC(C)(C)F.O=C(CNC(=O)c1cc2cccc(F)c2[nH]1)N[C@@H](C[C@@H]1CCNC1=O)C(=O)CO. The summed E-state index contributed by atoms with van der Waals surface area (Å²) in [7, 11) is 0. The minimum absolute atomic E-state index is 0.0756. The highest BCUT2D eigenvalue weighted by atomic mass is 19.1. The number of amides is 3. The molecule has 1 aliphatic rings. The molecule has 0 spiro atoms. The molecule has 1 fully saturated rings. The fourth-order valence-corrected chi connectivity index (χ4v) is 3.28. The van der Waals surface area contributed by atoms with Crippen LogP contribution in [-0.4, -0.2) is 65.0 Å². The first kappa shape index (κ1) is 26.9. The Hall–Kier alpha value is -3.34. The molecule has 0 saturated carbocycles. The number of H-pyrrole nitrogens is 1. The molecule has 34 heavy (non-hydrogen) atoms. The van der Waals surface area contributed by atoms with Gasteiger partial charge in [0.05, 0.1) is 18.1 Å². The number of aliphatic hydroxyl groups excluding tert-OH is 1. The molecule has 1 aromatic carbocycles. The summed E-state index contributed by atoms with van der Waals surface area (Å²) in [6.07, 6.45) is 0.615. The number of aliphatic hydroxyl groups is 1. The molecule has 5 N–H and O–H groups in total. The number of hydrogen-bond acceptors (Lipinski definition) is 5. The van der Waals surface area contributed by atoms with Crippen molar-refractivity contribution in [2.45, 2.75) is 45.3 Å². The monoisotopic (exact) mass is 480 g/mol. The van der Waals surface area contributed by atoms with Crippen molar-refractivity contribution in [3.63, 3.8) is 0 Å². The van der Waals surface area contributed by atoms with Crippen LogP contribution in [0, 0.1) is 11.7 Å². The maximum Gasteiger partial charge on any atom is 0.268 e. The Morgan fingerprint density at radius 3 is 2.50 bits per heavy atom. The Labute approximate surface area is 195 Å². The highest BCUT2D eigenvalue weighted by Crippen LogP contribution is 2.18. The maximum atomic E-state index is 13.7. The first-order valence-corrected chi connectivity index (χ1v) is 10.8. The number of benzene rings is 1. The van der Waals surface area contributed by atoms with Gasteiger partial charge in [-0.3, -0.25) is 19.2 Å². The fourth-order valence-electron chi connectivity index (χ4n) is 3.28. The third-order valence-corrected chi connectivity index (χ3v) is 4.82. The summed E-state index contributed by atoms with van der Waals surface area (Å²) in [6.45, 7) is 3.86. The molecule has 0 unspecified atom stereocenters. The summed E-state index contributed by atoms with van der Waals surface area (Å²) in [5, 5.41) is 17.1. The molecular weight excluding hydrogens is 450 g/mol. The summed E-state index contributed by atoms with van der Waals surface area (Å²) < 4.78 is 25.4. The summed E-state index contributed by atoms with van der Waals surface area (Å²) in [6, 6.07) is 4.85. The highest BCUT2D eigenvalue weighted by Gasteiger charge is 2.31. The van der Waals surface area contributed by atoms with E-state index in [1.54, 1.807) is 6.07 Å². The van der Waals surface area contributed by atoms with Crippen molar-refractivity contribution in [3.05, 3.63) is 35.8 Å². The molecule has 1 aliphatic heterocycles. The predicted molar refractivity (Wildman–Crippen MR) is 121 cm³/mol. The molecule has 0 aliphatic carbocycles. The van der Waals surface area contributed by atoms with Crippen LogP contribution in [0.1, 0.15) is 44.1 Å². The van der Waals surface area contributed by atoms with Crippen molar-refractivity contribution in [2.75, 3.05) is 19.7 Å². The van der Waals surface area contributed by atoms with Gasteiger partial charge in [-0.15, -0.1) is 0 Å². The van der Waals surface area contributed by atoms with E-state index in [-0.39, 0.29) is 23.5 Å². The van der Waals surface area contributed by atoms with Crippen LogP contribution in [-0.2, 0) is 14.4 Å². The molecule has 1 saturated heterocycles. The van der Waals surface area contributed by atoms with E-state index in [4.69, 9.17) is 5.11 Å². The van der Waals surface area contributed by atoms with Crippen molar-refractivity contribution in [1.82, 2.24) is 20.9 Å². The van der Waals surface area contributed by atoms with Gasteiger partial charge in [0, 0.05) is 17.8 Å². The molecule has 3 amide bonds. The van der Waals surface area contributed by atoms with E-state index in [0.29, 0.717) is 18.4 Å². The normalized spacial score (nSPS) is 16.3. The molecule has 11 heteroatoms. The molecule has 0 radical (unpaired) electrons. The first-order valence-electron chi connectivity index (χ1n) is 10.8. The zero-order valence-electron chi connectivity index (χ0n) is 19.3. The number of carbonyl (C=O) groups excluding carboxylic acids is 4. The van der Waals surface area contributed by atoms with Gasteiger partial charge in [-0.2, -0.15) is 0 Å². The van der Waals surface area contributed by atoms with Crippen molar-refractivity contribution >= 4 is 34.4 Å². The van der Waals surface area contributed by atoms with Crippen LogP contribution >= 0.6 is 0 Å². The molecule has 2 aromatic rings. The van der Waals surface area contributed by atoms with Gasteiger partial charge in [-0.25, -0.2) is 8.78 Å². The molecule has 2 heterocycles. The van der Waals surface area contributed by atoms with Crippen LogP contribution in [0.4, 0.5) is 8.78 Å². The zero-order valence-corrected chi connectivity index (χ0v) is 19.3. The van der Waals surface area contributed by atoms with Gasteiger partial charge in [0.15, 0.2) is 5.78 Å². The number of aromatic nitrogens is 1. The number of hydrogen-bond donors (Lipinski definition) is 5. The lowest BCUT2D eigenvalue weighted by atomic mass is 9.96. The number of carbonyl (C=O) groups is 4. The second kappa shape index (κ2) is 11.7. The highest BCUT2D eigenvalue weighted by molar-refractivity contribution is 6.00. The van der Waals surface area contributed by atoms with Gasteiger partial charge in [-0.1, -0.05) is 12.1 Å². The number of para-hydroxylation sites is 1. The lowest BCUT2D eigenvalue weighted by Gasteiger charge is -2.19. The van der Waals surface area contributed by atoms with E-state index >= 15 is 0 Å². The fraction of sp³-hybridized carbons (Fsp3) is 0.478. The number of Topliss-reactive ketones (excluding diaryl/α,β-unsaturated/α-hetero) is 1. The summed E-state index contributed by atoms with van der Waals surface area (Å²) >= 11 is 0. The molecule has 1 aromatic heterocycles. The number of halogens is 2. The van der Waals surface area contributed by atoms with Crippen LogP contribution in [0.2, 0.25) is 0 Å². The third kappa shape index (κ3) is 8.22. The summed E-state index contributed by atoms with van der Waals surface area (Å²) in [5.41, 5.74) is -0.728. The molecule has 2 atom stereocenters. The standard InChI is InChI=1S/C19H21FN4O5.C4H9F/c20-12-3-1-2-10-6-14(24-17(10)12)19(29)22-8-16(27)23-13(15(26)9-25)7-11-4-5-21-18(11)28;1-4(2,3)5/h1-3,6,11,13,24-25H,4-5,7-9H2,(H,21,28)(H,22,29)(H,23,27);1-3H3/t11-,13-;/m0./s1. The van der Waals surface area contributed by atoms with Gasteiger partial charge < -0.3 is 26.0 Å². The third-order valence-electron chi connectivity index (χ3n) is 4.82. The van der Waals surface area contributed by atoms with E-state index < -0.39 is 54.2 Å². The quantitative estimate of drug-likeness (QED) is 0.388.